The molecular formula is C14H15N3O2. The number of aromatic nitrogens is 2. The van der Waals surface area contributed by atoms with E-state index in [0.29, 0.717) is 11.9 Å². The van der Waals surface area contributed by atoms with Crippen molar-refractivity contribution in [3.05, 3.63) is 35.7 Å². The second-order valence-electron chi connectivity index (χ2n) is 5.53. The van der Waals surface area contributed by atoms with Crippen LogP contribution in [-0.2, 0) is 6.42 Å². The van der Waals surface area contributed by atoms with Gasteiger partial charge in [-0.1, -0.05) is 23.3 Å². The predicted octanol–water partition coefficient (Wildman–Crippen LogP) is 1.82. The molecule has 0 aliphatic carbocycles. The second kappa shape index (κ2) is 3.73. The zero-order valence-corrected chi connectivity index (χ0v) is 10.8. The number of aryl methyl sites for hydroxylation is 1. The zero-order valence-electron chi connectivity index (χ0n) is 10.8. The van der Waals surface area contributed by atoms with E-state index in [-0.39, 0.29) is 5.41 Å². The quantitative estimate of drug-likeness (QED) is 0.780. The molecule has 0 N–H and O–H groups in total. The molecular weight excluding hydrogens is 242 g/mol. The maximum Gasteiger partial charge on any atom is 0.318 e. The van der Waals surface area contributed by atoms with Crippen LogP contribution in [0.2, 0.25) is 0 Å². The molecule has 0 bridgehead atoms. The highest BCUT2D eigenvalue weighted by Crippen LogP contribution is 2.42. The first-order chi connectivity index (χ1) is 9.24. The van der Waals surface area contributed by atoms with Crippen LogP contribution in [-0.4, -0.2) is 29.9 Å². The Labute approximate surface area is 111 Å². The van der Waals surface area contributed by atoms with E-state index in [9.17, 15) is 0 Å². The van der Waals surface area contributed by atoms with E-state index in [1.807, 2.05) is 19.1 Å². The molecule has 3 heterocycles. The molecule has 0 radical (unpaired) electrons. The molecule has 2 aliphatic rings. The van der Waals surface area contributed by atoms with Gasteiger partial charge in [-0.2, -0.15) is 0 Å². The van der Waals surface area contributed by atoms with Gasteiger partial charge >= 0.3 is 6.01 Å². The fourth-order valence-electron chi connectivity index (χ4n) is 2.99. The summed E-state index contributed by atoms with van der Waals surface area (Å²) in [5, 5.41) is 7.93. The van der Waals surface area contributed by atoms with Gasteiger partial charge in [0.05, 0.1) is 6.61 Å². The number of nitrogens with zero attached hydrogens (tertiary/aromatic N) is 3. The number of fused-ring (bicyclic) bond motifs is 1. The first-order valence-electron chi connectivity index (χ1n) is 6.50. The average molecular weight is 257 g/mol. The molecule has 2 aromatic rings. The van der Waals surface area contributed by atoms with Crippen molar-refractivity contribution in [3.63, 3.8) is 0 Å². The molecule has 1 spiro atoms. The van der Waals surface area contributed by atoms with Gasteiger partial charge in [0, 0.05) is 25.4 Å². The molecule has 0 saturated carbocycles. The number of hydrogen-bond donors (Lipinski definition) is 0. The molecule has 0 atom stereocenters. The van der Waals surface area contributed by atoms with Crippen molar-refractivity contribution in [2.45, 2.75) is 13.3 Å². The van der Waals surface area contributed by atoms with Crippen molar-refractivity contribution in [1.29, 1.82) is 0 Å². The molecule has 0 unspecified atom stereocenters. The zero-order chi connectivity index (χ0) is 12.9. The van der Waals surface area contributed by atoms with E-state index in [1.165, 1.54) is 5.56 Å². The van der Waals surface area contributed by atoms with Gasteiger partial charge in [-0.3, -0.25) is 0 Å². The van der Waals surface area contributed by atoms with Crippen molar-refractivity contribution in [2.24, 2.45) is 5.41 Å². The molecule has 0 amide bonds. The first-order valence-corrected chi connectivity index (χ1v) is 6.50. The third-order valence-electron chi connectivity index (χ3n) is 3.91. The molecule has 1 aromatic heterocycles. The van der Waals surface area contributed by atoms with E-state index in [4.69, 9.17) is 9.15 Å². The number of benzene rings is 1. The third kappa shape index (κ3) is 1.69. The predicted molar refractivity (Wildman–Crippen MR) is 69.3 cm³/mol. The van der Waals surface area contributed by atoms with Crippen molar-refractivity contribution < 1.29 is 9.15 Å². The highest BCUT2D eigenvalue weighted by molar-refractivity contribution is 5.41. The molecule has 5 heteroatoms. The summed E-state index contributed by atoms with van der Waals surface area (Å²) >= 11 is 0. The van der Waals surface area contributed by atoms with E-state index in [0.717, 1.165) is 31.9 Å². The van der Waals surface area contributed by atoms with Crippen LogP contribution in [0.4, 0.5) is 6.01 Å². The molecule has 1 saturated heterocycles. The van der Waals surface area contributed by atoms with Gasteiger partial charge in [-0.25, -0.2) is 0 Å². The maximum absolute atomic E-state index is 5.88. The van der Waals surface area contributed by atoms with Crippen LogP contribution < -0.4 is 9.64 Å². The van der Waals surface area contributed by atoms with Crippen molar-refractivity contribution in [3.8, 4) is 5.75 Å². The van der Waals surface area contributed by atoms with Crippen LogP contribution in [0.3, 0.4) is 0 Å². The summed E-state index contributed by atoms with van der Waals surface area (Å²) in [4.78, 5) is 2.12. The SMILES string of the molecule is Cc1nnc(N2CC3(COc4ccccc4C3)C2)o1. The Hall–Kier alpha value is -2.04. The molecule has 1 fully saturated rings. The first kappa shape index (κ1) is 10.8. The summed E-state index contributed by atoms with van der Waals surface area (Å²) in [6, 6.07) is 8.90. The van der Waals surface area contributed by atoms with Crippen LogP contribution in [0.15, 0.2) is 28.7 Å². The fraction of sp³-hybridized carbons (Fsp3) is 0.429. The average Bonchev–Trinajstić information content (AvgIpc) is 2.82. The lowest BCUT2D eigenvalue weighted by Gasteiger charge is -2.51. The Morgan fingerprint density at radius 1 is 1.21 bits per heavy atom. The van der Waals surface area contributed by atoms with Crippen LogP contribution in [0.1, 0.15) is 11.5 Å². The minimum Gasteiger partial charge on any atom is -0.493 e. The minimum absolute atomic E-state index is 0.205. The lowest BCUT2D eigenvalue weighted by Crippen LogP contribution is -2.61. The minimum atomic E-state index is 0.205. The van der Waals surface area contributed by atoms with Crippen LogP contribution in [0.5, 0.6) is 5.75 Å². The van der Waals surface area contributed by atoms with Gasteiger partial charge < -0.3 is 14.1 Å². The molecule has 5 nitrogen and oxygen atoms in total. The molecule has 4 rings (SSSR count). The highest BCUT2D eigenvalue weighted by atomic mass is 16.5. The molecule has 98 valence electrons. The number of hydrogen-bond acceptors (Lipinski definition) is 5. The topological polar surface area (TPSA) is 51.4 Å². The normalized spacial score (nSPS) is 19.7. The summed E-state index contributed by atoms with van der Waals surface area (Å²) in [6.45, 7) is 4.42. The number of ether oxygens (including phenoxy) is 1. The molecule has 19 heavy (non-hydrogen) atoms. The van der Waals surface area contributed by atoms with Crippen molar-refractivity contribution >= 4 is 6.01 Å². The second-order valence-corrected chi connectivity index (χ2v) is 5.53. The largest absolute Gasteiger partial charge is 0.493 e. The Balaban J connectivity index is 1.51. The van der Waals surface area contributed by atoms with E-state index in [1.54, 1.807) is 0 Å². The van der Waals surface area contributed by atoms with Gasteiger partial charge in [-0.05, 0) is 18.1 Å². The van der Waals surface area contributed by atoms with Crippen molar-refractivity contribution in [1.82, 2.24) is 10.2 Å². The third-order valence-corrected chi connectivity index (χ3v) is 3.91. The number of para-hydroxylation sites is 1. The monoisotopic (exact) mass is 257 g/mol. The van der Waals surface area contributed by atoms with Gasteiger partial charge in [0.15, 0.2) is 0 Å². The Kier molecular flexibility index (Phi) is 2.13. The summed E-state index contributed by atoms with van der Waals surface area (Å²) in [5.74, 6) is 1.64. The van der Waals surface area contributed by atoms with Gasteiger partial charge in [-0.15, -0.1) is 5.10 Å². The lowest BCUT2D eigenvalue weighted by atomic mass is 9.74. The summed E-state index contributed by atoms with van der Waals surface area (Å²) in [6.07, 6.45) is 1.06. The van der Waals surface area contributed by atoms with E-state index in [2.05, 4.69) is 27.2 Å². The highest BCUT2D eigenvalue weighted by Gasteiger charge is 2.47. The van der Waals surface area contributed by atoms with Crippen LogP contribution in [0, 0.1) is 12.3 Å². The fourth-order valence-corrected chi connectivity index (χ4v) is 2.99. The summed E-state index contributed by atoms with van der Waals surface area (Å²) in [5.41, 5.74) is 1.51. The molecule has 2 aliphatic heterocycles. The summed E-state index contributed by atoms with van der Waals surface area (Å²) < 4.78 is 11.3. The van der Waals surface area contributed by atoms with Gasteiger partial charge in [0.2, 0.25) is 5.89 Å². The van der Waals surface area contributed by atoms with E-state index >= 15 is 0 Å². The number of rotatable bonds is 1. The Morgan fingerprint density at radius 3 is 2.84 bits per heavy atom. The Morgan fingerprint density at radius 2 is 2.05 bits per heavy atom. The Bertz CT molecular complexity index is 617. The maximum atomic E-state index is 5.88. The summed E-state index contributed by atoms with van der Waals surface area (Å²) in [7, 11) is 0. The van der Waals surface area contributed by atoms with Crippen LogP contribution in [0.25, 0.3) is 0 Å². The van der Waals surface area contributed by atoms with Crippen LogP contribution >= 0.6 is 0 Å². The van der Waals surface area contributed by atoms with Gasteiger partial charge in [0.1, 0.15) is 5.75 Å². The number of anilines is 1. The van der Waals surface area contributed by atoms with E-state index < -0.39 is 0 Å². The smallest absolute Gasteiger partial charge is 0.318 e. The molecule has 1 aromatic carbocycles. The standard InChI is InChI=1S/C14H15N3O2/c1-10-15-16-13(19-10)17-7-14(8-17)6-11-4-2-3-5-12(11)18-9-14/h2-5H,6-9H2,1H3. The lowest BCUT2D eigenvalue weighted by molar-refractivity contribution is 0.0840. The van der Waals surface area contributed by atoms with Crippen molar-refractivity contribution in [2.75, 3.05) is 24.6 Å². The van der Waals surface area contributed by atoms with Gasteiger partial charge in [0.25, 0.3) is 0 Å².